The van der Waals surface area contributed by atoms with Crippen LogP contribution in [0.1, 0.15) is 24.5 Å². The minimum atomic E-state index is 0.459. The number of nitrogens with zero attached hydrogens (tertiary/aromatic N) is 2. The molecule has 2 aromatic heterocycles. The zero-order valence-corrected chi connectivity index (χ0v) is 9.50. The summed E-state index contributed by atoms with van der Waals surface area (Å²) in [5, 5.41) is 8.86. The Morgan fingerprint density at radius 1 is 1.38 bits per heavy atom. The molecule has 3 rings (SSSR count). The molecule has 0 atom stereocenters. The highest BCUT2D eigenvalue weighted by molar-refractivity contribution is 6.34. The minimum absolute atomic E-state index is 0.459. The van der Waals surface area contributed by atoms with E-state index in [4.69, 9.17) is 16.3 Å². The molecule has 0 spiro atoms. The summed E-state index contributed by atoms with van der Waals surface area (Å²) in [6, 6.07) is 1.88. The summed E-state index contributed by atoms with van der Waals surface area (Å²) >= 11 is 6.12. The van der Waals surface area contributed by atoms with Gasteiger partial charge in [0.1, 0.15) is 5.15 Å². The van der Waals surface area contributed by atoms with Gasteiger partial charge < -0.3 is 4.74 Å². The quantitative estimate of drug-likeness (QED) is 0.776. The SMILES string of the molecule is Clc1nccc2n[nH]c(C3CCOCC3)c12. The molecule has 0 amide bonds. The van der Waals surface area contributed by atoms with Gasteiger partial charge in [-0.1, -0.05) is 11.6 Å². The molecular formula is C11H12ClN3O. The first-order valence-electron chi connectivity index (χ1n) is 5.42. The standard InChI is InChI=1S/C11H12ClN3O/c12-11-9-8(1-4-13-11)14-15-10(9)7-2-5-16-6-3-7/h1,4,7H,2-3,5-6H2,(H,14,15). The van der Waals surface area contributed by atoms with Crippen LogP contribution in [0.25, 0.3) is 10.9 Å². The number of hydrogen-bond acceptors (Lipinski definition) is 3. The van der Waals surface area contributed by atoms with E-state index in [2.05, 4.69) is 15.2 Å². The average molecular weight is 238 g/mol. The third kappa shape index (κ3) is 1.58. The van der Waals surface area contributed by atoms with E-state index in [9.17, 15) is 0 Å². The largest absolute Gasteiger partial charge is 0.381 e. The lowest BCUT2D eigenvalue weighted by atomic mass is 9.95. The number of fused-ring (bicyclic) bond motifs is 1. The normalized spacial score (nSPS) is 18.1. The van der Waals surface area contributed by atoms with Crippen molar-refractivity contribution in [2.45, 2.75) is 18.8 Å². The third-order valence-electron chi connectivity index (χ3n) is 3.08. The second kappa shape index (κ2) is 4.03. The zero-order chi connectivity index (χ0) is 11.0. The van der Waals surface area contributed by atoms with Crippen LogP contribution in [0.3, 0.4) is 0 Å². The van der Waals surface area contributed by atoms with Gasteiger partial charge in [0.25, 0.3) is 0 Å². The number of H-pyrrole nitrogens is 1. The van der Waals surface area contributed by atoms with E-state index < -0.39 is 0 Å². The molecule has 3 heterocycles. The van der Waals surface area contributed by atoms with Crippen LogP contribution in [0.15, 0.2) is 12.3 Å². The van der Waals surface area contributed by atoms with Crippen molar-refractivity contribution in [2.75, 3.05) is 13.2 Å². The summed E-state index contributed by atoms with van der Waals surface area (Å²) < 4.78 is 5.36. The number of hydrogen-bond donors (Lipinski definition) is 1. The molecule has 1 fully saturated rings. The Balaban J connectivity index is 2.09. The van der Waals surface area contributed by atoms with E-state index in [0.29, 0.717) is 11.1 Å². The molecule has 1 N–H and O–H groups in total. The van der Waals surface area contributed by atoms with Crippen LogP contribution in [0.4, 0.5) is 0 Å². The molecule has 0 aromatic carbocycles. The Labute approximate surface area is 98.0 Å². The van der Waals surface area contributed by atoms with E-state index in [0.717, 1.165) is 42.7 Å². The topological polar surface area (TPSA) is 50.8 Å². The molecule has 1 aliphatic rings. The van der Waals surface area contributed by atoms with Crippen molar-refractivity contribution in [3.8, 4) is 0 Å². The Hall–Kier alpha value is -1.13. The number of nitrogens with one attached hydrogen (secondary N) is 1. The van der Waals surface area contributed by atoms with Gasteiger partial charge in [-0.15, -0.1) is 0 Å². The first-order chi connectivity index (χ1) is 7.86. The Bertz CT molecular complexity index is 505. The maximum absolute atomic E-state index is 6.12. The molecule has 1 saturated heterocycles. The van der Waals surface area contributed by atoms with Gasteiger partial charge in [0.2, 0.25) is 0 Å². The van der Waals surface area contributed by atoms with Crippen LogP contribution in [0.5, 0.6) is 0 Å². The van der Waals surface area contributed by atoms with Gasteiger partial charge in [0.15, 0.2) is 0 Å². The van der Waals surface area contributed by atoms with Crippen LogP contribution in [0, 0.1) is 0 Å². The lowest BCUT2D eigenvalue weighted by Gasteiger charge is -2.21. The molecule has 5 heteroatoms. The summed E-state index contributed by atoms with van der Waals surface area (Å²) in [7, 11) is 0. The van der Waals surface area contributed by atoms with Crippen molar-refractivity contribution < 1.29 is 4.74 Å². The Morgan fingerprint density at radius 2 is 2.19 bits per heavy atom. The molecule has 0 radical (unpaired) electrons. The fraction of sp³-hybridized carbons (Fsp3) is 0.455. The Morgan fingerprint density at radius 3 is 3.00 bits per heavy atom. The zero-order valence-electron chi connectivity index (χ0n) is 8.74. The number of aromatic nitrogens is 3. The summed E-state index contributed by atoms with van der Waals surface area (Å²) in [6.07, 6.45) is 3.71. The molecule has 2 aromatic rings. The lowest BCUT2D eigenvalue weighted by Crippen LogP contribution is -2.14. The molecule has 1 aliphatic heterocycles. The average Bonchev–Trinajstić information content (AvgIpc) is 2.75. The van der Waals surface area contributed by atoms with Crippen LogP contribution in [-0.2, 0) is 4.74 Å². The molecule has 16 heavy (non-hydrogen) atoms. The second-order valence-electron chi connectivity index (χ2n) is 4.02. The van der Waals surface area contributed by atoms with Crippen molar-refractivity contribution in [3.05, 3.63) is 23.1 Å². The van der Waals surface area contributed by atoms with E-state index >= 15 is 0 Å². The predicted molar refractivity (Wildman–Crippen MR) is 61.7 cm³/mol. The van der Waals surface area contributed by atoms with Gasteiger partial charge >= 0.3 is 0 Å². The smallest absolute Gasteiger partial charge is 0.140 e. The highest BCUT2D eigenvalue weighted by Gasteiger charge is 2.21. The number of aromatic amines is 1. The summed E-state index contributed by atoms with van der Waals surface area (Å²) in [6.45, 7) is 1.62. The van der Waals surface area contributed by atoms with Crippen LogP contribution < -0.4 is 0 Å². The summed E-state index contributed by atoms with van der Waals surface area (Å²) in [5.41, 5.74) is 2.00. The van der Waals surface area contributed by atoms with Gasteiger partial charge in [0, 0.05) is 31.0 Å². The molecule has 0 saturated carbocycles. The van der Waals surface area contributed by atoms with Crippen LogP contribution in [-0.4, -0.2) is 28.4 Å². The highest BCUT2D eigenvalue weighted by Crippen LogP contribution is 2.33. The maximum atomic E-state index is 6.12. The van der Waals surface area contributed by atoms with Crippen molar-refractivity contribution >= 4 is 22.5 Å². The van der Waals surface area contributed by atoms with E-state index in [1.807, 2.05) is 6.07 Å². The van der Waals surface area contributed by atoms with E-state index in [1.54, 1.807) is 6.20 Å². The molecule has 0 bridgehead atoms. The van der Waals surface area contributed by atoms with Gasteiger partial charge in [-0.05, 0) is 18.9 Å². The predicted octanol–water partition coefficient (Wildman–Crippen LogP) is 2.51. The van der Waals surface area contributed by atoms with Gasteiger partial charge in [-0.25, -0.2) is 4.98 Å². The fourth-order valence-electron chi connectivity index (χ4n) is 2.23. The first-order valence-corrected chi connectivity index (χ1v) is 5.80. The number of ether oxygens (including phenoxy) is 1. The van der Waals surface area contributed by atoms with Gasteiger partial charge in [-0.3, -0.25) is 5.10 Å². The fourth-order valence-corrected chi connectivity index (χ4v) is 2.48. The van der Waals surface area contributed by atoms with Gasteiger partial charge in [-0.2, -0.15) is 5.10 Å². The molecular weight excluding hydrogens is 226 g/mol. The summed E-state index contributed by atoms with van der Waals surface area (Å²) in [5.74, 6) is 0.459. The number of rotatable bonds is 1. The van der Waals surface area contributed by atoms with E-state index in [-0.39, 0.29) is 0 Å². The van der Waals surface area contributed by atoms with Crippen LogP contribution >= 0.6 is 11.6 Å². The molecule has 0 unspecified atom stereocenters. The molecule has 4 nitrogen and oxygen atoms in total. The number of halogens is 1. The monoisotopic (exact) mass is 237 g/mol. The molecule has 0 aliphatic carbocycles. The van der Waals surface area contributed by atoms with E-state index in [1.165, 1.54) is 0 Å². The van der Waals surface area contributed by atoms with Crippen molar-refractivity contribution in [1.29, 1.82) is 0 Å². The van der Waals surface area contributed by atoms with Crippen molar-refractivity contribution in [1.82, 2.24) is 15.2 Å². The van der Waals surface area contributed by atoms with Crippen molar-refractivity contribution in [2.24, 2.45) is 0 Å². The second-order valence-corrected chi connectivity index (χ2v) is 4.38. The summed E-state index contributed by atoms with van der Waals surface area (Å²) in [4.78, 5) is 4.11. The van der Waals surface area contributed by atoms with Crippen LogP contribution in [0.2, 0.25) is 5.15 Å². The Kier molecular flexibility index (Phi) is 2.53. The lowest BCUT2D eigenvalue weighted by molar-refractivity contribution is 0.0847. The molecule has 84 valence electrons. The van der Waals surface area contributed by atoms with Crippen molar-refractivity contribution in [3.63, 3.8) is 0 Å². The third-order valence-corrected chi connectivity index (χ3v) is 3.36. The maximum Gasteiger partial charge on any atom is 0.140 e. The highest BCUT2D eigenvalue weighted by atomic mass is 35.5. The first kappa shape index (κ1) is 10.1. The minimum Gasteiger partial charge on any atom is -0.381 e. The van der Waals surface area contributed by atoms with Gasteiger partial charge in [0.05, 0.1) is 10.9 Å². The number of pyridine rings is 1.